The van der Waals surface area contributed by atoms with Crippen molar-refractivity contribution in [3.05, 3.63) is 0 Å². The first-order valence-electron chi connectivity index (χ1n) is 4.93. The molecule has 0 unspecified atom stereocenters. The van der Waals surface area contributed by atoms with Crippen LogP contribution in [-0.4, -0.2) is 36.4 Å². The first kappa shape index (κ1) is 14.6. The summed E-state index contributed by atoms with van der Waals surface area (Å²) in [7, 11) is 0. The fourth-order valence-electron chi connectivity index (χ4n) is 1.39. The minimum Gasteiger partial charge on any atom is -0.334 e. The second kappa shape index (κ2) is 6.95. The van der Waals surface area contributed by atoms with E-state index in [2.05, 4.69) is 0 Å². The lowest BCUT2D eigenvalue weighted by Gasteiger charge is -2.21. The average Bonchev–Trinajstić information content (AvgIpc) is 2.93. The normalized spacial score (nSPS) is 14.9. The zero-order valence-electron chi connectivity index (χ0n) is 8.49. The Morgan fingerprint density at radius 1 is 1.47 bits per heavy atom. The van der Waals surface area contributed by atoms with Crippen LogP contribution in [-0.2, 0) is 4.79 Å². The van der Waals surface area contributed by atoms with Gasteiger partial charge in [-0.2, -0.15) is 0 Å². The third kappa shape index (κ3) is 5.28. The zero-order chi connectivity index (χ0) is 10.6. The molecule has 0 aromatic rings. The van der Waals surface area contributed by atoms with Gasteiger partial charge in [-0.15, -0.1) is 12.4 Å². The number of hydrogen-bond acceptors (Lipinski definition) is 2. The topological polar surface area (TPSA) is 46.3 Å². The third-order valence-electron chi connectivity index (χ3n) is 2.24. The SMILES string of the molecule is Cl.NCCCC(=O)N(CC(F)F)C1CC1. The molecule has 0 heterocycles. The van der Waals surface area contributed by atoms with Crippen LogP contribution >= 0.6 is 12.4 Å². The Bertz CT molecular complexity index is 201. The standard InChI is InChI=1S/C9H16F2N2O.ClH/c10-8(11)6-13(7-3-4-7)9(14)2-1-5-12;/h7-8H,1-6,12H2;1H. The van der Waals surface area contributed by atoms with E-state index >= 15 is 0 Å². The van der Waals surface area contributed by atoms with Crippen LogP contribution in [0.2, 0.25) is 0 Å². The molecule has 90 valence electrons. The number of hydrogen-bond donors (Lipinski definition) is 1. The lowest BCUT2D eigenvalue weighted by atomic mass is 10.2. The van der Waals surface area contributed by atoms with E-state index in [0.717, 1.165) is 12.8 Å². The maximum Gasteiger partial charge on any atom is 0.255 e. The van der Waals surface area contributed by atoms with Crippen LogP contribution in [0.4, 0.5) is 8.78 Å². The fraction of sp³-hybridized carbons (Fsp3) is 0.889. The molecule has 1 rings (SSSR count). The van der Waals surface area contributed by atoms with Gasteiger partial charge < -0.3 is 10.6 Å². The molecule has 0 radical (unpaired) electrons. The van der Waals surface area contributed by atoms with Gasteiger partial charge in [0.25, 0.3) is 6.43 Å². The summed E-state index contributed by atoms with van der Waals surface area (Å²) in [6, 6.07) is 0.0641. The Hall–Kier alpha value is -0.420. The monoisotopic (exact) mass is 242 g/mol. The number of alkyl halides is 2. The van der Waals surface area contributed by atoms with E-state index in [-0.39, 0.29) is 24.4 Å². The van der Waals surface area contributed by atoms with E-state index in [1.54, 1.807) is 0 Å². The van der Waals surface area contributed by atoms with Crippen LogP contribution in [0.1, 0.15) is 25.7 Å². The number of nitrogens with zero attached hydrogens (tertiary/aromatic N) is 1. The van der Waals surface area contributed by atoms with Crippen molar-refractivity contribution in [2.45, 2.75) is 38.2 Å². The Balaban J connectivity index is 0.00000196. The molecule has 0 saturated heterocycles. The van der Waals surface area contributed by atoms with Gasteiger partial charge in [0.15, 0.2) is 0 Å². The van der Waals surface area contributed by atoms with Gasteiger partial charge in [-0.05, 0) is 25.8 Å². The van der Waals surface area contributed by atoms with Crippen molar-refractivity contribution in [2.75, 3.05) is 13.1 Å². The second-order valence-corrected chi connectivity index (χ2v) is 3.56. The lowest BCUT2D eigenvalue weighted by Crippen LogP contribution is -2.37. The van der Waals surface area contributed by atoms with Gasteiger partial charge in [0.2, 0.25) is 5.91 Å². The van der Waals surface area contributed by atoms with Gasteiger partial charge in [-0.25, -0.2) is 8.78 Å². The molecule has 0 aliphatic heterocycles. The van der Waals surface area contributed by atoms with Crippen LogP contribution in [0, 0.1) is 0 Å². The Labute approximate surface area is 94.4 Å². The predicted octanol–water partition coefficient (Wildman–Crippen LogP) is 1.40. The third-order valence-corrected chi connectivity index (χ3v) is 2.24. The van der Waals surface area contributed by atoms with Crippen LogP contribution in [0.15, 0.2) is 0 Å². The predicted molar refractivity (Wildman–Crippen MR) is 56.3 cm³/mol. The summed E-state index contributed by atoms with van der Waals surface area (Å²) in [5.74, 6) is -0.182. The average molecular weight is 243 g/mol. The van der Waals surface area contributed by atoms with Crippen molar-refractivity contribution in [1.82, 2.24) is 4.90 Å². The van der Waals surface area contributed by atoms with Gasteiger partial charge in [0.1, 0.15) is 0 Å². The van der Waals surface area contributed by atoms with Crippen LogP contribution in [0.3, 0.4) is 0 Å². The van der Waals surface area contributed by atoms with Crippen LogP contribution in [0.25, 0.3) is 0 Å². The molecule has 0 bridgehead atoms. The molecule has 6 heteroatoms. The van der Waals surface area contributed by atoms with Gasteiger partial charge >= 0.3 is 0 Å². The minimum absolute atomic E-state index is 0. The Morgan fingerprint density at radius 2 is 2.07 bits per heavy atom. The van der Waals surface area contributed by atoms with Crippen molar-refractivity contribution in [2.24, 2.45) is 5.73 Å². The molecule has 1 saturated carbocycles. The molecule has 2 N–H and O–H groups in total. The molecule has 0 aromatic heterocycles. The van der Waals surface area contributed by atoms with E-state index in [9.17, 15) is 13.6 Å². The van der Waals surface area contributed by atoms with Crippen LogP contribution in [0.5, 0.6) is 0 Å². The second-order valence-electron chi connectivity index (χ2n) is 3.56. The summed E-state index contributed by atoms with van der Waals surface area (Å²) < 4.78 is 24.3. The number of nitrogens with two attached hydrogens (primary N) is 1. The van der Waals surface area contributed by atoms with Crippen LogP contribution < -0.4 is 5.73 Å². The summed E-state index contributed by atoms with van der Waals surface area (Å²) in [4.78, 5) is 12.8. The summed E-state index contributed by atoms with van der Waals surface area (Å²) in [6.45, 7) is 0.00694. The molecule has 1 aliphatic carbocycles. The highest BCUT2D eigenvalue weighted by molar-refractivity contribution is 5.85. The summed E-state index contributed by atoms with van der Waals surface area (Å²) >= 11 is 0. The van der Waals surface area contributed by atoms with Gasteiger partial charge in [-0.1, -0.05) is 0 Å². The number of amides is 1. The molecule has 0 spiro atoms. The first-order valence-corrected chi connectivity index (χ1v) is 4.93. The van der Waals surface area contributed by atoms with Crippen molar-refractivity contribution in [3.63, 3.8) is 0 Å². The first-order chi connectivity index (χ1) is 6.65. The highest BCUT2D eigenvalue weighted by Gasteiger charge is 2.33. The zero-order valence-corrected chi connectivity index (χ0v) is 9.31. The lowest BCUT2D eigenvalue weighted by molar-refractivity contribution is -0.133. The van der Waals surface area contributed by atoms with E-state index in [0.29, 0.717) is 19.4 Å². The fourth-order valence-corrected chi connectivity index (χ4v) is 1.39. The van der Waals surface area contributed by atoms with E-state index < -0.39 is 13.0 Å². The minimum atomic E-state index is -2.43. The van der Waals surface area contributed by atoms with E-state index in [1.165, 1.54) is 4.90 Å². The summed E-state index contributed by atoms with van der Waals surface area (Å²) in [5, 5.41) is 0. The number of carbonyl (C=O) groups excluding carboxylic acids is 1. The molecular weight excluding hydrogens is 226 g/mol. The molecule has 15 heavy (non-hydrogen) atoms. The Kier molecular flexibility index (Phi) is 6.76. The molecule has 1 aliphatic rings. The van der Waals surface area contributed by atoms with Crippen molar-refractivity contribution in [3.8, 4) is 0 Å². The number of carbonyl (C=O) groups is 1. The maximum absolute atomic E-state index is 12.1. The highest BCUT2D eigenvalue weighted by atomic mass is 35.5. The van der Waals surface area contributed by atoms with E-state index in [1.807, 2.05) is 0 Å². The molecule has 1 fully saturated rings. The van der Waals surface area contributed by atoms with Gasteiger partial charge in [0, 0.05) is 12.5 Å². The Morgan fingerprint density at radius 3 is 2.47 bits per heavy atom. The molecule has 3 nitrogen and oxygen atoms in total. The van der Waals surface area contributed by atoms with Crippen molar-refractivity contribution < 1.29 is 13.6 Å². The maximum atomic E-state index is 12.1. The van der Waals surface area contributed by atoms with E-state index in [4.69, 9.17) is 5.73 Å². The summed E-state index contributed by atoms with van der Waals surface area (Å²) in [5.41, 5.74) is 5.25. The summed E-state index contributed by atoms with van der Waals surface area (Å²) in [6.07, 6.45) is 0.158. The molecule has 1 amide bonds. The van der Waals surface area contributed by atoms with Gasteiger partial charge in [-0.3, -0.25) is 4.79 Å². The quantitative estimate of drug-likeness (QED) is 0.766. The molecule has 0 atom stereocenters. The van der Waals surface area contributed by atoms with Gasteiger partial charge in [0.05, 0.1) is 6.54 Å². The molecular formula is C9H17ClF2N2O. The number of halogens is 3. The number of rotatable bonds is 6. The molecule has 0 aromatic carbocycles. The van der Waals surface area contributed by atoms with Crippen molar-refractivity contribution in [1.29, 1.82) is 0 Å². The highest BCUT2D eigenvalue weighted by Crippen LogP contribution is 2.28. The van der Waals surface area contributed by atoms with Crippen molar-refractivity contribution >= 4 is 18.3 Å². The smallest absolute Gasteiger partial charge is 0.255 e. The largest absolute Gasteiger partial charge is 0.334 e.